The lowest BCUT2D eigenvalue weighted by Crippen LogP contribution is -2.20. The minimum Gasteiger partial charge on any atom is -0.493 e. The molecular formula is C14H13NO4. The Hall–Kier alpha value is -2.56. The quantitative estimate of drug-likeness (QED) is 0.655. The second-order valence-electron chi connectivity index (χ2n) is 3.82. The van der Waals surface area contributed by atoms with Crippen molar-refractivity contribution in [3.8, 4) is 0 Å². The van der Waals surface area contributed by atoms with Gasteiger partial charge in [-0.05, 0) is 11.6 Å². The van der Waals surface area contributed by atoms with Crippen molar-refractivity contribution in [2.45, 2.75) is 0 Å². The highest BCUT2D eigenvalue weighted by atomic mass is 16.5. The van der Waals surface area contributed by atoms with Crippen molar-refractivity contribution < 1.29 is 19.1 Å². The second kappa shape index (κ2) is 5.39. The maximum Gasteiger partial charge on any atom is 0.347 e. The number of benzene rings is 1. The smallest absolute Gasteiger partial charge is 0.347 e. The molecule has 1 amide bonds. The van der Waals surface area contributed by atoms with E-state index >= 15 is 0 Å². The number of ether oxygens (including phenoxy) is 2. The highest BCUT2D eigenvalue weighted by Crippen LogP contribution is 2.24. The summed E-state index contributed by atoms with van der Waals surface area (Å²) < 4.78 is 9.70. The van der Waals surface area contributed by atoms with E-state index in [-0.39, 0.29) is 11.3 Å². The van der Waals surface area contributed by atoms with Crippen LogP contribution in [0.4, 0.5) is 0 Å². The van der Waals surface area contributed by atoms with Gasteiger partial charge in [0.05, 0.1) is 19.9 Å². The van der Waals surface area contributed by atoms with E-state index in [4.69, 9.17) is 4.74 Å². The number of hydrogen-bond donors (Lipinski definition) is 1. The highest BCUT2D eigenvalue weighted by Gasteiger charge is 2.34. The van der Waals surface area contributed by atoms with Gasteiger partial charge < -0.3 is 14.8 Å². The Morgan fingerprint density at radius 3 is 2.47 bits per heavy atom. The molecule has 0 saturated carbocycles. The first-order chi connectivity index (χ1) is 9.17. The summed E-state index contributed by atoms with van der Waals surface area (Å²) in [6, 6.07) is 9.40. The fraction of sp³-hybridized carbons (Fsp3) is 0.143. The molecule has 0 saturated heterocycles. The minimum absolute atomic E-state index is 0.118. The first kappa shape index (κ1) is 12.9. The normalized spacial score (nSPS) is 16.5. The summed E-state index contributed by atoms with van der Waals surface area (Å²) in [5, 5.41) is 2.59. The van der Waals surface area contributed by atoms with E-state index in [1.54, 1.807) is 6.08 Å². The summed E-state index contributed by atoms with van der Waals surface area (Å²) in [5.41, 5.74) is 1.21. The van der Waals surface area contributed by atoms with Gasteiger partial charge in [0.25, 0.3) is 5.91 Å². The zero-order valence-electron chi connectivity index (χ0n) is 10.6. The second-order valence-corrected chi connectivity index (χ2v) is 3.82. The summed E-state index contributed by atoms with van der Waals surface area (Å²) in [7, 11) is 2.62. The van der Waals surface area contributed by atoms with Crippen LogP contribution in [-0.4, -0.2) is 26.1 Å². The van der Waals surface area contributed by atoms with Crippen molar-refractivity contribution in [2.24, 2.45) is 0 Å². The van der Waals surface area contributed by atoms with Gasteiger partial charge in [0.15, 0.2) is 11.3 Å². The number of carbonyl (C=O) groups is 2. The Balaban J connectivity index is 2.44. The zero-order valence-corrected chi connectivity index (χ0v) is 10.6. The summed E-state index contributed by atoms with van der Waals surface area (Å²) in [5.74, 6) is -1.04. The van der Waals surface area contributed by atoms with E-state index in [0.29, 0.717) is 5.70 Å². The Labute approximate surface area is 110 Å². The number of rotatable bonds is 3. The number of methoxy groups -OCH3 is 2. The van der Waals surface area contributed by atoms with E-state index < -0.39 is 11.9 Å². The number of carbonyl (C=O) groups excluding carboxylic acids is 2. The van der Waals surface area contributed by atoms with Crippen LogP contribution in [0.1, 0.15) is 5.56 Å². The molecule has 98 valence electrons. The van der Waals surface area contributed by atoms with Crippen molar-refractivity contribution in [3.05, 3.63) is 52.9 Å². The van der Waals surface area contributed by atoms with Gasteiger partial charge in [-0.25, -0.2) is 4.79 Å². The average molecular weight is 259 g/mol. The highest BCUT2D eigenvalue weighted by molar-refractivity contribution is 6.20. The molecule has 0 aliphatic carbocycles. The lowest BCUT2D eigenvalue weighted by molar-refractivity contribution is -0.137. The SMILES string of the molecule is COC(=O)C1=C(OC)/C(=C/c2ccccc2)NC1=O. The maximum atomic E-state index is 11.8. The molecule has 5 nitrogen and oxygen atoms in total. The third-order valence-electron chi connectivity index (χ3n) is 2.65. The van der Waals surface area contributed by atoms with Crippen molar-refractivity contribution in [1.29, 1.82) is 0 Å². The lowest BCUT2D eigenvalue weighted by atomic mass is 10.1. The summed E-state index contributed by atoms with van der Waals surface area (Å²) in [6.07, 6.45) is 1.73. The molecule has 1 aliphatic rings. The van der Waals surface area contributed by atoms with Gasteiger partial charge in [0.2, 0.25) is 0 Å². The van der Waals surface area contributed by atoms with E-state index in [1.807, 2.05) is 30.3 Å². The zero-order chi connectivity index (χ0) is 13.8. The monoisotopic (exact) mass is 259 g/mol. The fourth-order valence-electron chi connectivity index (χ4n) is 1.80. The summed E-state index contributed by atoms with van der Waals surface area (Å²) in [4.78, 5) is 23.3. The van der Waals surface area contributed by atoms with Crippen LogP contribution < -0.4 is 5.32 Å². The van der Waals surface area contributed by atoms with Gasteiger partial charge in [-0.15, -0.1) is 0 Å². The molecule has 2 rings (SSSR count). The molecule has 1 N–H and O–H groups in total. The molecule has 1 aromatic carbocycles. The molecule has 0 atom stereocenters. The third kappa shape index (κ3) is 2.49. The molecule has 0 radical (unpaired) electrons. The largest absolute Gasteiger partial charge is 0.493 e. The summed E-state index contributed by atoms with van der Waals surface area (Å²) in [6.45, 7) is 0. The van der Waals surface area contributed by atoms with Crippen LogP contribution in [0.25, 0.3) is 6.08 Å². The molecule has 0 aromatic heterocycles. The Morgan fingerprint density at radius 1 is 1.21 bits per heavy atom. The van der Waals surface area contributed by atoms with E-state index in [0.717, 1.165) is 5.56 Å². The van der Waals surface area contributed by atoms with Crippen LogP contribution >= 0.6 is 0 Å². The minimum atomic E-state index is -0.717. The van der Waals surface area contributed by atoms with Crippen LogP contribution in [0, 0.1) is 0 Å². The molecular weight excluding hydrogens is 246 g/mol. The topological polar surface area (TPSA) is 64.6 Å². The molecule has 0 spiro atoms. The molecule has 0 bridgehead atoms. The Bertz CT molecular complexity index is 572. The molecule has 0 fully saturated rings. The number of hydrogen-bond acceptors (Lipinski definition) is 4. The van der Waals surface area contributed by atoms with Gasteiger partial charge in [-0.3, -0.25) is 4.79 Å². The fourth-order valence-corrected chi connectivity index (χ4v) is 1.80. The first-order valence-corrected chi connectivity index (χ1v) is 5.62. The molecule has 19 heavy (non-hydrogen) atoms. The van der Waals surface area contributed by atoms with Gasteiger partial charge in [0.1, 0.15) is 0 Å². The van der Waals surface area contributed by atoms with Gasteiger partial charge >= 0.3 is 5.97 Å². The van der Waals surface area contributed by atoms with Crippen LogP contribution in [0.2, 0.25) is 0 Å². The van der Waals surface area contributed by atoms with E-state index in [9.17, 15) is 9.59 Å². The Morgan fingerprint density at radius 2 is 1.89 bits per heavy atom. The van der Waals surface area contributed by atoms with Crippen molar-refractivity contribution in [3.63, 3.8) is 0 Å². The standard InChI is InChI=1S/C14H13NO4/c1-18-12-10(8-9-6-4-3-5-7-9)15-13(16)11(12)14(17)19-2/h3-8H,1-2H3,(H,15,16)/b10-8-. The molecule has 1 aliphatic heterocycles. The van der Waals surface area contributed by atoms with E-state index in [2.05, 4.69) is 10.1 Å². The van der Waals surface area contributed by atoms with Crippen LogP contribution in [0.15, 0.2) is 47.4 Å². The Kier molecular flexibility index (Phi) is 3.66. The average Bonchev–Trinajstić information content (AvgIpc) is 2.74. The molecule has 1 aromatic rings. The number of nitrogens with one attached hydrogen (secondary N) is 1. The first-order valence-electron chi connectivity index (χ1n) is 5.62. The predicted molar refractivity (Wildman–Crippen MR) is 68.6 cm³/mol. The molecule has 5 heteroatoms. The third-order valence-corrected chi connectivity index (χ3v) is 2.65. The van der Waals surface area contributed by atoms with Gasteiger partial charge in [-0.2, -0.15) is 0 Å². The van der Waals surface area contributed by atoms with Gasteiger partial charge in [-0.1, -0.05) is 30.3 Å². The van der Waals surface area contributed by atoms with Crippen molar-refractivity contribution in [2.75, 3.05) is 14.2 Å². The predicted octanol–water partition coefficient (Wildman–Crippen LogP) is 1.23. The van der Waals surface area contributed by atoms with Crippen molar-refractivity contribution in [1.82, 2.24) is 5.32 Å². The van der Waals surface area contributed by atoms with Gasteiger partial charge in [0, 0.05) is 0 Å². The molecule has 0 unspecified atom stereocenters. The van der Waals surface area contributed by atoms with Crippen molar-refractivity contribution >= 4 is 18.0 Å². The van der Waals surface area contributed by atoms with Crippen LogP contribution in [0.3, 0.4) is 0 Å². The maximum absolute atomic E-state index is 11.8. The lowest BCUT2D eigenvalue weighted by Gasteiger charge is -2.04. The number of amides is 1. The van der Waals surface area contributed by atoms with Crippen LogP contribution in [0.5, 0.6) is 0 Å². The summed E-state index contributed by atoms with van der Waals surface area (Å²) >= 11 is 0. The van der Waals surface area contributed by atoms with E-state index in [1.165, 1.54) is 14.2 Å². The van der Waals surface area contributed by atoms with Crippen LogP contribution in [-0.2, 0) is 19.1 Å². The number of esters is 1. The molecule has 1 heterocycles.